The smallest absolute Gasteiger partial charge is 0.307 e. The average molecular weight is 504 g/mol. The molecule has 0 bridgehead atoms. The first-order chi connectivity index (χ1) is 16.5. The fraction of sp³-hybridized carbons (Fsp3) is 0.583. The molecule has 0 radical (unpaired) electrons. The lowest BCUT2D eigenvalue weighted by Gasteiger charge is -2.38. The zero-order valence-corrected chi connectivity index (χ0v) is 21.3. The van der Waals surface area contributed by atoms with Crippen LogP contribution in [0.15, 0.2) is 31.2 Å². The van der Waals surface area contributed by atoms with Crippen molar-refractivity contribution in [3.8, 4) is 0 Å². The van der Waals surface area contributed by atoms with Crippen LogP contribution in [0.3, 0.4) is 0 Å². The van der Waals surface area contributed by atoms with Gasteiger partial charge in [0.05, 0.1) is 5.39 Å². The molecular formula is C24H33N5O3S2. The zero-order chi connectivity index (χ0) is 23.9. The second kappa shape index (κ2) is 12.0. The highest BCUT2D eigenvalue weighted by molar-refractivity contribution is 8.77. The number of carbonyl (C=O) groups is 2. The summed E-state index contributed by atoms with van der Waals surface area (Å²) in [5.74, 6) is 1.75. The van der Waals surface area contributed by atoms with Crippen molar-refractivity contribution in [2.45, 2.75) is 75.9 Å². The van der Waals surface area contributed by atoms with Gasteiger partial charge in [-0.15, -0.1) is 0 Å². The van der Waals surface area contributed by atoms with Crippen molar-refractivity contribution in [3.63, 3.8) is 0 Å². The summed E-state index contributed by atoms with van der Waals surface area (Å²) in [5, 5.41) is 5.10. The lowest BCUT2D eigenvalue weighted by molar-refractivity contribution is -0.147. The Balaban J connectivity index is 1.29. The predicted octanol–water partition coefficient (Wildman–Crippen LogP) is 4.62. The topological polar surface area (TPSA) is 89.3 Å². The second-order valence-corrected chi connectivity index (χ2v) is 11.7. The summed E-state index contributed by atoms with van der Waals surface area (Å²) in [6.07, 6.45) is 11.5. The van der Waals surface area contributed by atoms with Gasteiger partial charge < -0.3 is 15.0 Å². The summed E-state index contributed by atoms with van der Waals surface area (Å²) >= 11 is 0. The van der Waals surface area contributed by atoms with E-state index in [1.807, 2.05) is 43.3 Å². The van der Waals surface area contributed by atoms with Crippen LogP contribution in [0.4, 0.5) is 5.82 Å². The molecule has 4 rings (SSSR count). The van der Waals surface area contributed by atoms with Gasteiger partial charge in [-0.25, -0.2) is 9.97 Å². The first-order valence-electron chi connectivity index (χ1n) is 12.0. The number of nitrogens with one attached hydrogen (secondary N) is 1. The maximum Gasteiger partial charge on any atom is 0.307 e. The summed E-state index contributed by atoms with van der Waals surface area (Å²) in [4.78, 5) is 35.1. The van der Waals surface area contributed by atoms with Crippen molar-refractivity contribution >= 4 is 50.3 Å². The Hall–Kier alpha value is -2.20. The van der Waals surface area contributed by atoms with E-state index < -0.39 is 0 Å². The number of piperidine rings is 1. The highest BCUT2D eigenvalue weighted by Crippen LogP contribution is 2.39. The Labute approximate surface area is 208 Å². The number of hydrogen-bond donors (Lipinski definition) is 1. The molecule has 2 aromatic rings. The molecule has 3 atom stereocenters. The molecule has 0 aromatic carbocycles. The molecule has 0 saturated carbocycles. The number of fused-ring (bicyclic) bond motifs is 1. The summed E-state index contributed by atoms with van der Waals surface area (Å²) in [7, 11) is 3.94. The molecule has 2 saturated heterocycles. The van der Waals surface area contributed by atoms with Crippen LogP contribution >= 0.6 is 21.6 Å². The Morgan fingerprint density at radius 1 is 1.29 bits per heavy atom. The van der Waals surface area contributed by atoms with Gasteiger partial charge >= 0.3 is 5.97 Å². The van der Waals surface area contributed by atoms with E-state index in [4.69, 9.17) is 4.74 Å². The zero-order valence-electron chi connectivity index (χ0n) is 19.6. The molecule has 0 aliphatic carbocycles. The lowest BCUT2D eigenvalue weighted by atomic mass is 9.99. The van der Waals surface area contributed by atoms with Gasteiger partial charge in [-0.05, 0) is 51.2 Å². The predicted molar refractivity (Wildman–Crippen MR) is 139 cm³/mol. The Morgan fingerprint density at radius 2 is 2.18 bits per heavy atom. The fourth-order valence-corrected chi connectivity index (χ4v) is 7.51. The summed E-state index contributed by atoms with van der Waals surface area (Å²) < 4.78 is 7.32. The van der Waals surface area contributed by atoms with Crippen molar-refractivity contribution in [1.82, 2.24) is 19.4 Å². The number of likely N-dealkylation sites (tertiary alicyclic amines) is 1. The van der Waals surface area contributed by atoms with Crippen molar-refractivity contribution < 1.29 is 14.3 Å². The normalized spacial score (nSPS) is 22.6. The van der Waals surface area contributed by atoms with Crippen LogP contribution in [0.5, 0.6) is 0 Å². The Bertz CT molecular complexity index is 1010. The number of ether oxygens (including phenoxy) is 1. The third-order valence-electron chi connectivity index (χ3n) is 6.49. The molecular weight excluding hydrogens is 470 g/mol. The van der Waals surface area contributed by atoms with Gasteiger partial charge in [0.15, 0.2) is 6.73 Å². The Morgan fingerprint density at radius 3 is 2.97 bits per heavy atom. The number of carbonyl (C=O) groups excluding carboxylic acids is 2. The Kier molecular flexibility index (Phi) is 8.77. The quantitative estimate of drug-likeness (QED) is 0.217. The number of rotatable bonds is 10. The summed E-state index contributed by atoms with van der Waals surface area (Å²) in [6, 6.07) is 2.23. The highest BCUT2D eigenvalue weighted by Gasteiger charge is 2.28. The van der Waals surface area contributed by atoms with Crippen LogP contribution in [0.2, 0.25) is 0 Å². The van der Waals surface area contributed by atoms with Gasteiger partial charge in [0.25, 0.3) is 0 Å². The molecule has 0 unspecified atom stereocenters. The molecule has 34 heavy (non-hydrogen) atoms. The summed E-state index contributed by atoms with van der Waals surface area (Å²) in [6.45, 7) is 6.42. The van der Waals surface area contributed by atoms with E-state index in [-0.39, 0.29) is 30.7 Å². The number of hydrogen-bond acceptors (Lipinski definition) is 8. The molecule has 184 valence electrons. The number of nitrogens with zero attached hydrogens (tertiary/aromatic N) is 4. The maximum absolute atomic E-state index is 12.2. The van der Waals surface area contributed by atoms with Crippen LogP contribution in [0.25, 0.3) is 11.0 Å². The van der Waals surface area contributed by atoms with Crippen molar-refractivity contribution in [2.24, 2.45) is 0 Å². The third kappa shape index (κ3) is 6.27. The molecule has 10 heteroatoms. The molecule has 1 amide bonds. The molecule has 2 fully saturated rings. The molecule has 0 spiro atoms. The maximum atomic E-state index is 12.2. The monoisotopic (exact) mass is 503 g/mol. The minimum Gasteiger partial charge on any atom is -0.444 e. The molecule has 1 N–H and O–H groups in total. The lowest BCUT2D eigenvalue weighted by Crippen LogP contribution is -2.49. The van der Waals surface area contributed by atoms with E-state index in [1.54, 1.807) is 0 Å². The van der Waals surface area contributed by atoms with Gasteiger partial charge in [-0.1, -0.05) is 34.6 Å². The van der Waals surface area contributed by atoms with Crippen LogP contribution in [-0.2, 0) is 21.1 Å². The number of aromatic nitrogens is 3. The summed E-state index contributed by atoms with van der Waals surface area (Å²) in [5.41, 5.74) is 0.712. The average Bonchev–Trinajstić information content (AvgIpc) is 3.52. The fourth-order valence-electron chi connectivity index (χ4n) is 4.48. The molecule has 4 heterocycles. The molecule has 2 aliphatic heterocycles. The van der Waals surface area contributed by atoms with E-state index in [9.17, 15) is 9.59 Å². The van der Waals surface area contributed by atoms with E-state index in [2.05, 4.69) is 28.8 Å². The molecule has 2 aromatic heterocycles. The van der Waals surface area contributed by atoms with Gasteiger partial charge in [-0.2, -0.15) is 0 Å². The van der Waals surface area contributed by atoms with Gasteiger partial charge in [0.1, 0.15) is 17.8 Å². The molecule has 8 nitrogen and oxygen atoms in total. The van der Waals surface area contributed by atoms with E-state index in [0.717, 1.165) is 42.1 Å². The van der Waals surface area contributed by atoms with E-state index in [1.165, 1.54) is 31.0 Å². The largest absolute Gasteiger partial charge is 0.444 e. The number of anilines is 1. The van der Waals surface area contributed by atoms with Crippen molar-refractivity contribution in [3.05, 3.63) is 31.2 Å². The number of unbranched alkanes of at least 4 members (excludes halogenated alkanes) is 1. The first kappa shape index (κ1) is 24.9. The standard InChI is InChI=1S/C24H33N5O3S2/c1-3-21(30)29-14-18(9-8-17(29)2)27-23-20-10-12-28(24(20)26-15-25-23)16-32-22(31)7-5-4-6-19-11-13-33-34-19/h3,10,12,15,17-19H,1,4-9,11,13-14,16H2,2H3,(H,25,26,27)/t17-,18+,19+/m0/s1. The van der Waals surface area contributed by atoms with Crippen molar-refractivity contribution in [2.75, 3.05) is 17.6 Å². The van der Waals surface area contributed by atoms with E-state index in [0.29, 0.717) is 18.6 Å². The third-order valence-corrected chi connectivity index (χ3v) is 9.49. The van der Waals surface area contributed by atoms with Crippen LogP contribution in [-0.4, -0.2) is 60.9 Å². The van der Waals surface area contributed by atoms with Gasteiger partial charge in [-0.3, -0.25) is 14.2 Å². The van der Waals surface area contributed by atoms with Gasteiger partial charge in [0, 0.05) is 42.2 Å². The van der Waals surface area contributed by atoms with Crippen LogP contribution in [0, 0.1) is 0 Å². The van der Waals surface area contributed by atoms with Crippen LogP contribution in [0.1, 0.15) is 51.9 Å². The van der Waals surface area contributed by atoms with Gasteiger partial charge in [0.2, 0.25) is 5.91 Å². The SMILES string of the molecule is C=CC(=O)N1C[C@H](Nc2ncnc3c2ccn3COC(=O)CCCC[C@@H]2CCSS2)CC[C@@H]1C. The van der Waals surface area contributed by atoms with Crippen LogP contribution < -0.4 is 5.32 Å². The minimum absolute atomic E-state index is 0.0452. The minimum atomic E-state index is -0.175. The number of esters is 1. The van der Waals surface area contributed by atoms with E-state index >= 15 is 0 Å². The highest BCUT2D eigenvalue weighted by atomic mass is 33.1. The number of amides is 1. The first-order valence-corrected chi connectivity index (χ1v) is 14.4. The van der Waals surface area contributed by atoms with Crippen molar-refractivity contribution in [1.29, 1.82) is 0 Å². The molecule has 2 aliphatic rings. The second-order valence-electron chi connectivity index (χ2n) is 8.93.